The van der Waals surface area contributed by atoms with Crippen molar-refractivity contribution in [1.29, 1.82) is 0 Å². The Morgan fingerprint density at radius 3 is 2.59 bits per heavy atom. The molecule has 2 aliphatic rings. The van der Waals surface area contributed by atoms with E-state index in [1.807, 2.05) is 0 Å². The van der Waals surface area contributed by atoms with Crippen molar-refractivity contribution < 1.29 is 14.0 Å². The minimum absolute atomic E-state index is 0.0261. The van der Waals surface area contributed by atoms with Gasteiger partial charge in [-0.2, -0.15) is 0 Å². The number of amides is 3. The van der Waals surface area contributed by atoms with Crippen molar-refractivity contribution in [1.82, 2.24) is 5.32 Å². The van der Waals surface area contributed by atoms with Gasteiger partial charge in [-0.05, 0) is 30.9 Å². The number of urea groups is 1. The third-order valence-electron chi connectivity index (χ3n) is 3.16. The van der Waals surface area contributed by atoms with E-state index < -0.39 is 17.9 Å². The first-order valence-corrected chi connectivity index (χ1v) is 5.57. The second-order valence-corrected chi connectivity index (χ2v) is 4.39. The zero-order valence-electron chi connectivity index (χ0n) is 9.02. The maximum Gasteiger partial charge on any atom is 0.329 e. The SMILES string of the molecule is O=C1NC(C2CC2)C(=O)N1c1ccccc1F. The molecule has 1 aliphatic heterocycles. The molecule has 0 bridgehead atoms. The molecule has 4 nitrogen and oxygen atoms in total. The van der Waals surface area contributed by atoms with Gasteiger partial charge in [-0.25, -0.2) is 14.1 Å². The molecule has 3 rings (SSSR count). The molecule has 17 heavy (non-hydrogen) atoms. The molecule has 1 N–H and O–H groups in total. The maximum absolute atomic E-state index is 13.6. The lowest BCUT2D eigenvalue weighted by molar-refractivity contribution is -0.118. The Morgan fingerprint density at radius 1 is 1.24 bits per heavy atom. The molecule has 3 amide bonds. The van der Waals surface area contributed by atoms with E-state index in [2.05, 4.69) is 5.32 Å². The van der Waals surface area contributed by atoms with Crippen molar-refractivity contribution in [3.63, 3.8) is 0 Å². The fourth-order valence-corrected chi connectivity index (χ4v) is 2.11. The van der Waals surface area contributed by atoms with Crippen LogP contribution >= 0.6 is 0 Å². The molecule has 1 saturated carbocycles. The molecular formula is C12H11FN2O2. The molecule has 5 heteroatoms. The second-order valence-electron chi connectivity index (χ2n) is 4.39. The summed E-state index contributed by atoms with van der Waals surface area (Å²) in [6.45, 7) is 0. The van der Waals surface area contributed by atoms with Crippen LogP contribution in [0.2, 0.25) is 0 Å². The number of hydrogen-bond donors (Lipinski definition) is 1. The number of halogens is 1. The quantitative estimate of drug-likeness (QED) is 0.791. The van der Waals surface area contributed by atoms with Gasteiger partial charge >= 0.3 is 6.03 Å². The van der Waals surface area contributed by atoms with E-state index in [1.54, 1.807) is 6.07 Å². The molecular weight excluding hydrogens is 223 g/mol. The molecule has 1 aromatic rings. The number of rotatable bonds is 2. The molecule has 1 saturated heterocycles. The average molecular weight is 234 g/mol. The van der Waals surface area contributed by atoms with Crippen molar-refractivity contribution >= 4 is 17.6 Å². The lowest BCUT2D eigenvalue weighted by atomic mass is 10.2. The highest BCUT2D eigenvalue weighted by Gasteiger charge is 2.47. The van der Waals surface area contributed by atoms with E-state index in [1.165, 1.54) is 18.2 Å². The summed E-state index contributed by atoms with van der Waals surface area (Å²) >= 11 is 0. The minimum Gasteiger partial charge on any atom is -0.325 e. The van der Waals surface area contributed by atoms with Gasteiger partial charge in [0.2, 0.25) is 0 Å². The summed E-state index contributed by atoms with van der Waals surface area (Å²) in [6, 6.07) is 4.79. The normalized spacial score (nSPS) is 24.1. The van der Waals surface area contributed by atoms with Crippen LogP contribution in [0.15, 0.2) is 24.3 Å². The van der Waals surface area contributed by atoms with Crippen LogP contribution in [0.5, 0.6) is 0 Å². The van der Waals surface area contributed by atoms with Gasteiger partial charge in [0, 0.05) is 0 Å². The molecule has 1 atom stereocenters. The fourth-order valence-electron chi connectivity index (χ4n) is 2.11. The summed E-state index contributed by atoms with van der Waals surface area (Å²) in [5, 5.41) is 2.61. The highest BCUT2D eigenvalue weighted by molar-refractivity contribution is 6.21. The highest BCUT2D eigenvalue weighted by Crippen LogP contribution is 2.36. The van der Waals surface area contributed by atoms with E-state index in [4.69, 9.17) is 0 Å². The van der Waals surface area contributed by atoms with Crippen LogP contribution in [0.3, 0.4) is 0 Å². The zero-order chi connectivity index (χ0) is 12.0. The van der Waals surface area contributed by atoms with Gasteiger partial charge in [-0.1, -0.05) is 12.1 Å². The number of nitrogens with zero attached hydrogens (tertiary/aromatic N) is 1. The Morgan fingerprint density at radius 2 is 1.94 bits per heavy atom. The Balaban J connectivity index is 1.95. The third kappa shape index (κ3) is 1.58. The summed E-state index contributed by atoms with van der Waals surface area (Å²) in [7, 11) is 0. The van der Waals surface area contributed by atoms with E-state index in [-0.39, 0.29) is 17.5 Å². The van der Waals surface area contributed by atoms with Crippen molar-refractivity contribution in [3.05, 3.63) is 30.1 Å². The van der Waals surface area contributed by atoms with Crippen LogP contribution in [0.1, 0.15) is 12.8 Å². The topological polar surface area (TPSA) is 49.4 Å². The molecule has 1 aliphatic carbocycles. The van der Waals surface area contributed by atoms with Gasteiger partial charge in [0.05, 0.1) is 5.69 Å². The zero-order valence-corrected chi connectivity index (χ0v) is 9.02. The van der Waals surface area contributed by atoms with Gasteiger partial charge in [-0.15, -0.1) is 0 Å². The first kappa shape index (κ1) is 10.3. The summed E-state index contributed by atoms with van der Waals surface area (Å²) in [4.78, 5) is 24.6. The lowest BCUT2D eigenvalue weighted by Crippen LogP contribution is -2.32. The number of imide groups is 1. The Hall–Kier alpha value is -1.91. The summed E-state index contributed by atoms with van der Waals surface area (Å²) in [5.74, 6) is -0.682. The molecule has 88 valence electrons. The second kappa shape index (κ2) is 3.55. The summed E-state index contributed by atoms with van der Waals surface area (Å²) in [5.41, 5.74) is 0.0261. The lowest BCUT2D eigenvalue weighted by Gasteiger charge is -2.13. The first-order chi connectivity index (χ1) is 8.18. The number of hydrogen-bond acceptors (Lipinski definition) is 2. The number of para-hydroxylation sites is 1. The number of carbonyl (C=O) groups is 2. The molecule has 1 heterocycles. The van der Waals surface area contributed by atoms with Gasteiger partial charge in [-0.3, -0.25) is 4.79 Å². The van der Waals surface area contributed by atoms with E-state index >= 15 is 0 Å². The molecule has 0 aromatic heterocycles. The van der Waals surface area contributed by atoms with Crippen molar-refractivity contribution in [2.75, 3.05) is 4.90 Å². The van der Waals surface area contributed by atoms with Crippen LogP contribution in [-0.4, -0.2) is 18.0 Å². The first-order valence-electron chi connectivity index (χ1n) is 5.57. The van der Waals surface area contributed by atoms with Gasteiger partial charge < -0.3 is 5.32 Å². The number of benzene rings is 1. The van der Waals surface area contributed by atoms with Crippen molar-refractivity contribution in [2.45, 2.75) is 18.9 Å². The van der Waals surface area contributed by atoms with E-state index in [0.717, 1.165) is 17.7 Å². The van der Waals surface area contributed by atoms with Crippen LogP contribution in [0.4, 0.5) is 14.9 Å². The van der Waals surface area contributed by atoms with Crippen LogP contribution in [-0.2, 0) is 4.79 Å². The highest BCUT2D eigenvalue weighted by atomic mass is 19.1. The molecule has 1 aromatic carbocycles. The number of carbonyl (C=O) groups excluding carboxylic acids is 2. The largest absolute Gasteiger partial charge is 0.329 e. The number of nitrogens with one attached hydrogen (secondary N) is 1. The predicted octanol–water partition coefficient (Wildman–Crippen LogP) is 1.66. The molecule has 2 fully saturated rings. The Kier molecular flexibility index (Phi) is 2.14. The van der Waals surface area contributed by atoms with E-state index in [9.17, 15) is 14.0 Å². The minimum atomic E-state index is -0.563. The number of anilines is 1. The van der Waals surface area contributed by atoms with Crippen LogP contribution < -0.4 is 10.2 Å². The predicted molar refractivity (Wildman–Crippen MR) is 58.9 cm³/mol. The monoisotopic (exact) mass is 234 g/mol. The Bertz CT molecular complexity index is 499. The molecule has 0 radical (unpaired) electrons. The van der Waals surface area contributed by atoms with Crippen LogP contribution in [0.25, 0.3) is 0 Å². The third-order valence-corrected chi connectivity index (χ3v) is 3.16. The summed E-state index contributed by atoms with van der Waals surface area (Å²) < 4.78 is 13.6. The maximum atomic E-state index is 13.6. The summed E-state index contributed by atoms with van der Waals surface area (Å²) in [6.07, 6.45) is 1.89. The van der Waals surface area contributed by atoms with Crippen LogP contribution in [0, 0.1) is 11.7 Å². The fraction of sp³-hybridized carbons (Fsp3) is 0.333. The van der Waals surface area contributed by atoms with Gasteiger partial charge in [0.15, 0.2) is 0 Å². The Labute approximate surface area is 97.4 Å². The smallest absolute Gasteiger partial charge is 0.325 e. The van der Waals surface area contributed by atoms with Gasteiger partial charge in [0.25, 0.3) is 5.91 Å². The van der Waals surface area contributed by atoms with Crippen molar-refractivity contribution in [3.8, 4) is 0 Å². The average Bonchev–Trinajstić information content (AvgIpc) is 3.09. The van der Waals surface area contributed by atoms with E-state index in [0.29, 0.717) is 0 Å². The molecule has 1 unspecified atom stereocenters. The van der Waals surface area contributed by atoms with Crippen molar-refractivity contribution in [2.24, 2.45) is 5.92 Å². The van der Waals surface area contributed by atoms with Gasteiger partial charge in [0.1, 0.15) is 11.9 Å². The molecule has 0 spiro atoms. The standard InChI is InChI=1S/C12H11FN2O2/c13-8-3-1-2-4-9(8)15-11(16)10(7-5-6-7)14-12(15)17/h1-4,7,10H,5-6H2,(H,14,17).